The summed E-state index contributed by atoms with van der Waals surface area (Å²) < 4.78 is 0. The minimum absolute atomic E-state index is 0.678. The minimum Gasteiger partial charge on any atom is -0.355 e. The Kier molecular flexibility index (Phi) is 4.27. The van der Waals surface area contributed by atoms with E-state index in [0.717, 1.165) is 31.4 Å². The van der Waals surface area contributed by atoms with Crippen LogP contribution in [0, 0.1) is 5.92 Å². The standard InChI is InChI=1S/C19H23N3S/c1-23-17-7-5-15(6-8-17)12-21-11-9-16-13-22(14-18(16)21)19-4-2-3-10-20-19/h2-8,10,16,18H,9,11-14H2,1H3. The second kappa shape index (κ2) is 6.54. The van der Waals surface area contributed by atoms with Crippen molar-refractivity contribution in [3.63, 3.8) is 0 Å². The lowest BCUT2D eigenvalue weighted by Crippen LogP contribution is -2.34. The normalized spacial score (nSPS) is 24.1. The fourth-order valence-corrected chi connectivity index (χ4v) is 4.35. The Morgan fingerprint density at radius 2 is 2.00 bits per heavy atom. The molecule has 2 aliphatic heterocycles. The fraction of sp³-hybridized carbons (Fsp3) is 0.421. The van der Waals surface area contributed by atoms with E-state index in [1.807, 2.05) is 12.3 Å². The van der Waals surface area contributed by atoms with Crippen LogP contribution in [0.5, 0.6) is 0 Å². The highest BCUT2D eigenvalue weighted by atomic mass is 32.2. The van der Waals surface area contributed by atoms with E-state index in [9.17, 15) is 0 Å². The molecule has 0 saturated carbocycles. The van der Waals surface area contributed by atoms with E-state index in [1.54, 1.807) is 11.8 Å². The van der Waals surface area contributed by atoms with Crippen molar-refractivity contribution in [1.82, 2.24) is 9.88 Å². The first kappa shape index (κ1) is 15.0. The van der Waals surface area contributed by atoms with E-state index in [4.69, 9.17) is 0 Å². The number of fused-ring (bicyclic) bond motifs is 1. The number of nitrogens with zero attached hydrogens (tertiary/aromatic N) is 3. The number of anilines is 1. The van der Waals surface area contributed by atoms with Gasteiger partial charge < -0.3 is 4.90 Å². The maximum Gasteiger partial charge on any atom is 0.128 e. The lowest BCUT2D eigenvalue weighted by Gasteiger charge is -2.25. The molecule has 3 nitrogen and oxygen atoms in total. The van der Waals surface area contributed by atoms with Gasteiger partial charge in [-0.3, -0.25) is 4.90 Å². The lowest BCUT2D eigenvalue weighted by atomic mass is 10.0. The average Bonchev–Trinajstić information content (AvgIpc) is 3.18. The molecular formula is C19H23N3S. The lowest BCUT2D eigenvalue weighted by molar-refractivity contribution is 0.245. The van der Waals surface area contributed by atoms with Crippen molar-refractivity contribution >= 4 is 17.6 Å². The predicted octanol–water partition coefficient (Wildman–Crippen LogP) is 3.51. The summed E-state index contributed by atoms with van der Waals surface area (Å²) in [6.45, 7) is 4.58. The van der Waals surface area contributed by atoms with Gasteiger partial charge in [-0.2, -0.15) is 0 Å². The molecule has 1 aromatic heterocycles. The molecule has 4 rings (SSSR count). The summed E-state index contributed by atoms with van der Waals surface area (Å²) in [5, 5.41) is 0. The Morgan fingerprint density at radius 1 is 1.13 bits per heavy atom. The summed E-state index contributed by atoms with van der Waals surface area (Å²) in [4.78, 5) is 11.0. The zero-order valence-electron chi connectivity index (χ0n) is 13.6. The van der Waals surface area contributed by atoms with Gasteiger partial charge in [0, 0.05) is 36.8 Å². The first-order valence-corrected chi connectivity index (χ1v) is 9.59. The summed E-state index contributed by atoms with van der Waals surface area (Å²) >= 11 is 1.81. The van der Waals surface area contributed by atoms with Gasteiger partial charge in [0.25, 0.3) is 0 Å². The zero-order chi connectivity index (χ0) is 15.6. The highest BCUT2D eigenvalue weighted by Gasteiger charge is 2.41. The largest absolute Gasteiger partial charge is 0.355 e. The highest BCUT2D eigenvalue weighted by Crippen LogP contribution is 2.34. The predicted molar refractivity (Wildman–Crippen MR) is 97.0 cm³/mol. The van der Waals surface area contributed by atoms with Gasteiger partial charge in [-0.15, -0.1) is 11.8 Å². The topological polar surface area (TPSA) is 19.4 Å². The van der Waals surface area contributed by atoms with Crippen LogP contribution in [0.15, 0.2) is 53.6 Å². The van der Waals surface area contributed by atoms with Crippen molar-refractivity contribution in [2.24, 2.45) is 5.92 Å². The van der Waals surface area contributed by atoms with Crippen LogP contribution >= 0.6 is 11.8 Å². The molecule has 0 radical (unpaired) electrons. The van der Waals surface area contributed by atoms with E-state index in [-0.39, 0.29) is 0 Å². The van der Waals surface area contributed by atoms with E-state index in [1.165, 1.54) is 23.4 Å². The number of thioether (sulfide) groups is 1. The van der Waals surface area contributed by atoms with Crippen LogP contribution in [0.1, 0.15) is 12.0 Å². The smallest absolute Gasteiger partial charge is 0.128 e. The van der Waals surface area contributed by atoms with Crippen LogP contribution in [0.4, 0.5) is 5.82 Å². The quantitative estimate of drug-likeness (QED) is 0.801. The summed E-state index contributed by atoms with van der Waals surface area (Å²) in [5.74, 6) is 1.92. The molecule has 0 N–H and O–H groups in total. The number of likely N-dealkylation sites (tertiary alicyclic amines) is 1. The van der Waals surface area contributed by atoms with Crippen molar-refractivity contribution in [2.75, 3.05) is 30.8 Å². The molecule has 2 atom stereocenters. The van der Waals surface area contributed by atoms with Crippen LogP contribution < -0.4 is 4.90 Å². The van der Waals surface area contributed by atoms with Crippen LogP contribution in [-0.4, -0.2) is 41.8 Å². The van der Waals surface area contributed by atoms with Gasteiger partial charge in [0.05, 0.1) is 0 Å². The Hall–Kier alpha value is -1.52. The highest BCUT2D eigenvalue weighted by molar-refractivity contribution is 7.98. The molecular weight excluding hydrogens is 302 g/mol. The number of pyridine rings is 1. The number of benzene rings is 1. The molecule has 0 bridgehead atoms. The Labute approximate surface area is 142 Å². The number of hydrogen-bond acceptors (Lipinski definition) is 4. The third-order valence-corrected chi connectivity index (χ3v) is 5.92. The van der Waals surface area contributed by atoms with Crippen LogP contribution in [0.2, 0.25) is 0 Å². The molecule has 2 unspecified atom stereocenters. The zero-order valence-corrected chi connectivity index (χ0v) is 14.4. The van der Waals surface area contributed by atoms with Crippen molar-refractivity contribution < 1.29 is 0 Å². The molecule has 2 aliphatic rings. The molecule has 23 heavy (non-hydrogen) atoms. The second-order valence-electron chi connectivity index (χ2n) is 6.53. The molecule has 2 aromatic rings. The summed E-state index contributed by atoms with van der Waals surface area (Å²) in [6.07, 6.45) is 5.34. The molecule has 3 heterocycles. The van der Waals surface area contributed by atoms with E-state index in [2.05, 4.69) is 57.4 Å². The van der Waals surface area contributed by atoms with Crippen LogP contribution in [0.3, 0.4) is 0 Å². The molecule has 2 fully saturated rings. The molecule has 0 aliphatic carbocycles. The van der Waals surface area contributed by atoms with Gasteiger partial charge in [0.2, 0.25) is 0 Å². The van der Waals surface area contributed by atoms with Crippen LogP contribution in [-0.2, 0) is 6.54 Å². The Balaban J connectivity index is 1.43. The second-order valence-corrected chi connectivity index (χ2v) is 7.41. The molecule has 120 valence electrons. The Morgan fingerprint density at radius 3 is 2.74 bits per heavy atom. The van der Waals surface area contributed by atoms with Crippen molar-refractivity contribution in [2.45, 2.75) is 23.9 Å². The minimum atomic E-state index is 0.678. The van der Waals surface area contributed by atoms with Gasteiger partial charge in [0.15, 0.2) is 0 Å². The monoisotopic (exact) mass is 325 g/mol. The van der Waals surface area contributed by atoms with Gasteiger partial charge in [-0.1, -0.05) is 18.2 Å². The van der Waals surface area contributed by atoms with Gasteiger partial charge in [0.1, 0.15) is 5.82 Å². The summed E-state index contributed by atoms with van der Waals surface area (Å²) in [6, 6.07) is 15.9. The molecule has 0 amide bonds. The van der Waals surface area contributed by atoms with Crippen molar-refractivity contribution in [1.29, 1.82) is 0 Å². The van der Waals surface area contributed by atoms with Crippen molar-refractivity contribution in [3.05, 3.63) is 54.2 Å². The number of hydrogen-bond donors (Lipinski definition) is 0. The first-order chi connectivity index (χ1) is 11.3. The third-order valence-electron chi connectivity index (χ3n) is 5.18. The van der Waals surface area contributed by atoms with Gasteiger partial charge in [-0.25, -0.2) is 4.98 Å². The SMILES string of the molecule is CSc1ccc(CN2CCC3CN(c4ccccn4)CC32)cc1. The molecule has 4 heteroatoms. The Bertz CT molecular complexity index is 643. The molecule has 2 saturated heterocycles. The molecule has 1 aromatic carbocycles. The summed E-state index contributed by atoms with van der Waals surface area (Å²) in [5.41, 5.74) is 1.43. The number of aromatic nitrogens is 1. The van der Waals surface area contributed by atoms with Crippen LogP contribution in [0.25, 0.3) is 0 Å². The van der Waals surface area contributed by atoms with E-state index in [0.29, 0.717) is 6.04 Å². The van der Waals surface area contributed by atoms with Gasteiger partial charge >= 0.3 is 0 Å². The maximum atomic E-state index is 4.52. The van der Waals surface area contributed by atoms with E-state index >= 15 is 0 Å². The molecule has 0 spiro atoms. The third kappa shape index (κ3) is 3.10. The number of rotatable bonds is 4. The van der Waals surface area contributed by atoms with Crippen molar-refractivity contribution in [3.8, 4) is 0 Å². The average molecular weight is 325 g/mol. The first-order valence-electron chi connectivity index (χ1n) is 8.36. The van der Waals surface area contributed by atoms with E-state index < -0.39 is 0 Å². The summed E-state index contributed by atoms with van der Waals surface area (Å²) in [7, 11) is 0. The fourth-order valence-electron chi connectivity index (χ4n) is 3.94. The maximum absolute atomic E-state index is 4.52. The van der Waals surface area contributed by atoms with Gasteiger partial charge in [-0.05, 0) is 55.0 Å².